The Morgan fingerprint density at radius 1 is 1.80 bits per heavy atom. The Kier molecular flexibility index (Phi) is 2.23. The number of rotatable bonds is 2. The summed E-state index contributed by atoms with van der Waals surface area (Å²) in [5.41, 5.74) is 5.53. The van der Waals surface area contributed by atoms with Gasteiger partial charge in [-0.05, 0) is 6.08 Å². The summed E-state index contributed by atoms with van der Waals surface area (Å²) in [6, 6.07) is -0.0139. The molecule has 0 heterocycles. The molecule has 1 aliphatic carbocycles. The zero-order chi connectivity index (χ0) is 7.40. The molecule has 0 aromatic heterocycles. The van der Waals surface area contributed by atoms with Crippen molar-refractivity contribution >= 4 is 6.47 Å². The Hall–Kier alpha value is -1.09. The van der Waals surface area contributed by atoms with Gasteiger partial charge in [-0.15, -0.1) is 0 Å². The lowest BCUT2D eigenvalue weighted by Crippen LogP contribution is -2.19. The molecule has 0 radical (unpaired) electrons. The third-order valence-corrected chi connectivity index (χ3v) is 1.28. The standard InChI is InChI=1S/C7H9NO2/c8-6-2-1-3-7(4-6)10-5-9/h1-3,5-6H,4,8H2. The number of nitrogens with two attached hydrogens (primary N) is 1. The molecule has 1 rings (SSSR count). The van der Waals surface area contributed by atoms with Crippen molar-refractivity contribution in [3.05, 3.63) is 24.0 Å². The first-order chi connectivity index (χ1) is 4.83. The fraction of sp³-hybridized carbons (Fsp3) is 0.286. The summed E-state index contributed by atoms with van der Waals surface area (Å²) in [4.78, 5) is 9.85. The van der Waals surface area contributed by atoms with Crippen molar-refractivity contribution < 1.29 is 9.53 Å². The number of carbonyl (C=O) groups is 1. The number of hydrogen-bond acceptors (Lipinski definition) is 3. The molecule has 3 nitrogen and oxygen atoms in total. The van der Waals surface area contributed by atoms with Gasteiger partial charge in [0.15, 0.2) is 0 Å². The lowest BCUT2D eigenvalue weighted by atomic mass is 10.1. The highest BCUT2D eigenvalue weighted by Crippen LogP contribution is 2.10. The van der Waals surface area contributed by atoms with Crippen molar-refractivity contribution in [1.82, 2.24) is 0 Å². The van der Waals surface area contributed by atoms with Gasteiger partial charge in [0.1, 0.15) is 5.76 Å². The highest BCUT2D eigenvalue weighted by molar-refractivity contribution is 5.40. The summed E-state index contributed by atoms with van der Waals surface area (Å²) < 4.78 is 4.60. The van der Waals surface area contributed by atoms with Gasteiger partial charge < -0.3 is 10.5 Å². The molecule has 3 heteroatoms. The SMILES string of the molecule is NC1C=CC=C(OC=O)C1. The quantitative estimate of drug-likeness (QED) is 0.561. The summed E-state index contributed by atoms with van der Waals surface area (Å²) in [6.45, 7) is 0.414. The minimum atomic E-state index is -0.0139. The lowest BCUT2D eigenvalue weighted by Gasteiger charge is -2.11. The van der Waals surface area contributed by atoms with Gasteiger partial charge in [0.05, 0.1) is 0 Å². The van der Waals surface area contributed by atoms with Crippen LogP contribution in [0, 0.1) is 0 Å². The fourth-order valence-corrected chi connectivity index (χ4v) is 0.823. The van der Waals surface area contributed by atoms with Crippen molar-refractivity contribution in [1.29, 1.82) is 0 Å². The highest BCUT2D eigenvalue weighted by atomic mass is 16.5. The molecule has 0 fully saturated rings. The van der Waals surface area contributed by atoms with E-state index in [2.05, 4.69) is 4.74 Å². The van der Waals surface area contributed by atoms with E-state index >= 15 is 0 Å². The van der Waals surface area contributed by atoms with E-state index in [0.29, 0.717) is 18.7 Å². The molecule has 0 aliphatic heterocycles. The maximum absolute atomic E-state index is 9.85. The van der Waals surface area contributed by atoms with Crippen LogP contribution in [0.4, 0.5) is 0 Å². The highest BCUT2D eigenvalue weighted by Gasteiger charge is 2.06. The third kappa shape index (κ3) is 1.70. The Bertz CT molecular complexity index is 184. The first-order valence-electron chi connectivity index (χ1n) is 3.06. The summed E-state index contributed by atoms with van der Waals surface area (Å²) in [5, 5.41) is 0. The van der Waals surface area contributed by atoms with Crippen molar-refractivity contribution in [2.24, 2.45) is 5.73 Å². The molecule has 0 spiro atoms. The second kappa shape index (κ2) is 3.17. The van der Waals surface area contributed by atoms with Gasteiger partial charge in [0.2, 0.25) is 0 Å². The van der Waals surface area contributed by atoms with E-state index in [1.807, 2.05) is 6.08 Å². The minimum Gasteiger partial charge on any atom is -0.433 e. The molecule has 1 unspecified atom stereocenters. The van der Waals surface area contributed by atoms with E-state index < -0.39 is 0 Å². The average molecular weight is 139 g/mol. The van der Waals surface area contributed by atoms with E-state index in [1.54, 1.807) is 12.2 Å². The maximum atomic E-state index is 9.85. The summed E-state index contributed by atoms with van der Waals surface area (Å²) in [7, 11) is 0. The van der Waals surface area contributed by atoms with Gasteiger partial charge in [0, 0.05) is 12.5 Å². The molecule has 2 N–H and O–H groups in total. The molecule has 1 aliphatic rings. The van der Waals surface area contributed by atoms with Crippen molar-refractivity contribution in [3.63, 3.8) is 0 Å². The average Bonchev–Trinajstić information content (AvgIpc) is 1.88. The van der Waals surface area contributed by atoms with Crippen LogP contribution in [-0.4, -0.2) is 12.5 Å². The van der Waals surface area contributed by atoms with Crippen LogP contribution in [0.2, 0.25) is 0 Å². The van der Waals surface area contributed by atoms with E-state index in [4.69, 9.17) is 5.73 Å². The van der Waals surface area contributed by atoms with Gasteiger partial charge in [0.25, 0.3) is 6.47 Å². The molecule has 0 saturated heterocycles. The largest absolute Gasteiger partial charge is 0.433 e. The number of hydrogen-bond donors (Lipinski definition) is 1. The Morgan fingerprint density at radius 3 is 3.20 bits per heavy atom. The summed E-state index contributed by atoms with van der Waals surface area (Å²) >= 11 is 0. The van der Waals surface area contributed by atoms with Crippen molar-refractivity contribution in [2.75, 3.05) is 0 Å². The first-order valence-corrected chi connectivity index (χ1v) is 3.06. The van der Waals surface area contributed by atoms with Gasteiger partial charge in [-0.1, -0.05) is 12.2 Å². The summed E-state index contributed by atoms with van der Waals surface area (Å²) in [6.07, 6.45) is 5.98. The first kappa shape index (κ1) is 7.02. The van der Waals surface area contributed by atoms with E-state index in [-0.39, 0.29) is 6.04 Å². The molecular weight excluding hydrogens is 130 g/mol. The Balaban J connectivity index is 2.52. The second-order valence-electron chi connectivity index (χ2n) is 2.10. The Labute approximate surface area is 59.2 Å². The maximum Gasteiger partial charge on any atom is 0.298 e. The monoisotopic (exact) mass is 139 g/mol. The van der Waals surface area contributed by atoms with E-state index in [0.717, 1.165) is 0 Å². The van der Waals surface area contributed by atoms with Crippen molar-refractivity contribution in [2.45, 2.75) is 12.5 Å². The van der Waals surface area contributed by atoms with Gasteiger partial charge in [-0.2, -0.15) is 0 Å². The molecule has 10 heavy (non-hydrogen) atoms. The molecule has 0 bridgehead atoms. The predicted molar refractivity (Wildman–Crippen MR) is 37.0 cm³/mol. The molecule has 0 saturated carbocycles. The van der Waals surface area contributed by atoms with Crippen LogP contribution in [-0.2, 0) is 9.53 Å². The van der Waals surface area contributed by atoms with Crippen LogP contribution in [0.15, 0.2) is 24.0 Å². The topological polar surface area (TPSA) is 52.3 Å². The number of allylic oxidation sites excluding steroid dienone is 2. The van der Waals surface area contributed by atoms with Crippen molar-refractivity contribution in [3.8, 4) is 0 Å². The molecule has 0 amide bonds. The van der Waals surface area contributed by atoms with E-state index in [9.17, 15) is 4.79 Å². The smallest absolute Gasteiger partial charge is 0.298 e. The predicted octanol–water partition coefficient (Wildman–Crippen LogP) is 0.331. The Morgan fingerprint density at radius 2 is 2.60 bits per heavy atom. The van der Waals surface area contributed by atoms with Crippen LogP contribution in [0.25, 0.3) is 0 Å². The van der Waals surface area contributed by atoms with E-state index in [1.165, 1.54) is 0 Å². The van der Waals surface area contributed by atoms with Crippen LogP contribution in [0.3, 0.4) is 0 Å². The lowest BCUT2D eigenvalue weighted by molar-refractivity contribution is -0.125. The van der Waals surface area contributed by atoms with Crippen LogP contribution in [0.1, 0.15) is 6.42 Å². The molecule has 0 aromatic carbocycles. The van der Waals surface area contributed by atoms with Gasteiger partial charge in [-0.3, -0.25) is 4.79 Å². The van der Waals surface area contributed by atoms with Crippen LogP contribution in [0.5, 0.6) is 0 Å². The minimum absolute atomic E-state index is 0.0139. The molecule has 54 valence electrons. The zero-order valence-corrected chi connectivity index (χ0v) is 5.49. The zero-order valence-electron chi connectivity index (χ0n) is 5.49. The third-order valence-electron chi connectivity index (χ3n) is 1.28. The second-order valence-corrected chi connectivity index (χ2v) is 2.10. The molecular formula is C7H9NO2. The number of carbonyl (C=O) groups excluding carboxylic acids is 1. The van der Waals surface area contributed by atoms with Gasteiger partial charge >= 0.3 is 0 Å². The molecule has 0 aromatic rings. The molecule has 1 atom stereocenters. The fourth-order valence-electron chi connectivity index (χ4n) is 0.823. The van der Waals surface area contributed by atoms with Gasteiger partial charge in [-0.25, -0.2) is 0 Å². The van der Waals surface area contributed by atoms with Crippen LogP contribution >= 0.6 is 0 Å². The normalized spacial score (nSPS) is 23.7. The summed E-state index contributed by atoms with van der Waals surface area (Å²) in [5.74, 6) is 0.630. The number of ether oxygens (including phenoxy) is 1. The van der Waals surface area contributed by atoms with Crippen LogP contribution < -0.4 is 5.73 Å².